The van der Waals surface area contributed by atoms with Crippen LogP contribution in [0.25, 0.3) is 0 Å². The summed E-state index contributed by atoms with van der Waals surface area (Å²) in [5, 5.41) is 0. The first-order chi connectivity index (χ1) is 16.0. The Labute approximate surface area is 191 Å². The first-order valence-electron chi connectivity index (χ1n) is 11.8. The first kappa shape index (κ1) is 20.5. The van der Waals surface area contributed by atoms with Crippen molar-refractivity contribution in [2.75, 3.05) is 0 Å². The largest absolute Gasteiger partial charge is 0.393 e. The van der Waals surface area contributed by atoms with E-state index < -0.39 is 35.4 Å². The van der Waals surface area contributed by atoms with Crippen LogP contribution >= 0.6 is 0 Å². The zero-order valence-corrected chi connectivity index (χ0v) is 18.5. The number of ketones is 2. The number of aryl methyl sites for hydroxylation is 1. The van der Waals surface area contributed by atoms with Gasteiger partial charge in [0.1, 0.15) is 5.92 Å². The number of esters is 2. The monoisotopic (exact) mass is 443 g/mol. The van der Waals surface area contributed by atoms with Crippen LogP contribution in [-0.4, -0.2) is 40.0 Å². The highest BCUT2D eigenvalue weighted by Crippen LogP contribution is 2.60. The second-order valence-electron chi connectivity index (χ2n) is 9.77. The van der Waals surface area contributed by atoms with Crippen molar-refractivity contribution < 1.29 is 23.9 Å². The molecule has 3 atom stereocenters. The van der Waals surface area contributed by atoms with Crippen LogP contribution in [0.5, 0.6) is 0 Å². The minimum atomic E-state index is -1.73. The van der Waals surface area contributed by atoms with E-state index in [2.05, 4.69) is 0 Å². The summed E-state index contributed by atoms with van der Waals surface area (Å²) in [5.41, 5.74) is 0.839. The number of nitrogens with zero attached hydrogens (tertiary/aromatic N) is 1. The molecule has 2 aliphatic heterocycles. The molecule has 0 unspecified atom stereocenters. The maximum atomic E-state index is 14.1. The third-order valence-corrected chi connectivity index (χ3v) is 8.08. The van der Waals surface area contributed by atoms with Gasteiger partial charge in [-0.05, 0) is 25.3 Å². The van der Waals surface area contributed by atoms with Gasteiger partial charge in [0.2, 0.25) is 0 Å². The molecule has 168 valence electrons. The van der Waals surface area contributed by atoms with Crippen molar-refractivity contribution in [3.05, 3.63) is 70.8 Å². The summed E-state index contributed by atoms with van der Waals surface area (Å²) >= 11 is 0. The van der Waals surface area contributed by atoms with Crippen LogP contribution in [0.3, 0.4) is 0 Å². The van der Waals surface area contributed by atoms with Crippen LogP contribution in [-0.2, 0) is 14.3 Å². The molecule has 0 aromatic heterocycles. The van der Waals surface area contributed by atoms with E-state index in [1.165, 1.54) is 0 Å². The molecular formula is C27H25NO5. The minimum Gasteiger partial charge on any atom is -0.393 e. The Balaban J connectivity index is 1.62. The molecule has 4 aliphatic rings. The Kier molecular flexibility index (Phi) is 4.46. The summed E-state index contributed by atoms with van der Waals surface area (Å²) in [4.78, 5) is 56.5. The van der Waals surface area contributed by atoms with Gasteiger partial charge in [-0.25, -0.2) is 0 Å². The van der Waals surface area contributed by atoms with Gasteiger partial charge in [-0.2, -0.15) is 0 Å². The molecule has 6 heteroatoms. The number of hydrogen-bond acceptors (Lipinski definition) is 6. The summed E-state index contributed by atoms with van der Waals surface area (Å²) in [6, 6.07) is 13.9. The summed E-state index contributed by atoms with van der Waals surface area (Å²) in [6.07, 6.45) is 4.72. The Morgan fingerprint density at radius 2 is 1.42 bits per heavy atom. The lowest BCUT2D eigenvalue weighted by Crippen LogP contribution is -2.61. The molecular weight excluding hydrogens is 418 g/mol. The van der Waals surface area contributed by atoms with Crippen LogP contribution in [0.1, 0.15) is 70.0 Å². The van der Waals surface area contributed by atoms with E-state index in [4.69, 9.17) is 4.74 Å². The van der Waals surface area contributed by atoms with Crippen molar-refractivity contribution >= 4 is 23.5 Å². The van der Waals surface area contributed by atoms with Crippen molar-refractivity contribution in [3.63, 3.8) is 0 Å². The molecule has 2 aromatic rings. The fraction of sp³-hybridized carbons (Fsp3) is 0.407. The van der Waals surface area contributed by atoms with E-state index in [-0.39, 0.29) is 17.6 Å². The highest BCUT2D eigenvalue weighted by molar-refractivity contribution is 6.35. The number of fused-ring (bicyclic) bond motifs is 3. The Morgan fingerprint density at radius 1 is 0.818 bits per heavy atom. The van der Waals surface area contributed by atoms with Crippen molar-refractivity contribution in [1.29, 1.82) is 0 Å². The molecule has 3 fully saturated rings. The van der Waals surface area contributed by atoms with Gasteiger partial charge in [0.15, 0.2) is 17.1 Å². The van der Waals surface area contributed by atoms with Gasteiger partial charge in [-0.15, -0.1) is 0 Å². The Bertz CT molecular complexity index is 1160. The molecule has 2 saturated heterocycles. The van der Waals surface area contributed by atoms with Crippen molar-refractivity contribution in [2.24, 2.45) is 11.8 Å². The quantitative estimate of drug-likeness (QED) is 0.519. The number of likely N-dealkylation sites (tertiary alicyclic amines) is 1. The minimum absolute atomic E-state index is 0.0709. The molecule has 0 bridgehead atoms. The number of carbonyl (C=O) groups excluding carboxylic acids is 4. The zero-order chi connectivity index (χ0) is 22.9. The number of carbonyl (C=O) groups is 4. The molecule has 0 amide bonds. The lowest BCUT2D eigenvalue weighted by atomic mass is 9.75. The fourth-order valence-electron chi connectivity index (χ4n) is 6.72. The smallest absolute Gasteiger partial charge is 0.320 e. The molecule has 1 saturated carbocycles. The molecule has 33 heavy (non-hydrogen) atoms. The summed E-state index contributed by atoms with van der Waals surface area (Å²) in [6.45, 7) is 1.98. The van der Waals surface area contributed by atoms with Gasteiger partial charge in [0.05, 0.1) is 12.0 Å². The second kappa shape index (κ2) is 7.19. The van der Waals surface area contributed by atoms with E-state index in [9.17, 15) is 19.2 Å². The van der Waals surface area contributed by atoms with E-state index in [1.54, 1.807) is 24.3 Å². The van der Waals surface area contributed by atoms with Crippen molar-refractivity contribution in [3.8, 4) is 0 Å². The van der Waals surface area contributed by atoms with E-state index in [0.717, 1.165) is 43.2 Å². The topological polar surface area (TPSA) is 80.8 Å². The van der Waals surface area contributed by atoms with Gasteiger partial charge < -0.3 is 4.74 Å². The van der Waals surface area contributed by atoms with E-state index in [1.807, 2.05) is 36.1 Å². The predicted octanol–water partition coefficient (Wildman–Crippen LogP) is 3.82. The number of ether oxygens (including phenoxy) is 1. The highest BCUT2D eigenvalue weighted by atomic mass is 16.6. The van der Waals surface area contributed by atoms with Crippen LogP contribution in [0.2, 0.25) is 0 Å². The molecule has 6 nitrogen and oxygen atoms in total. The molecule has 0 N–H and O–H groups in total. The number of cyclic esters (lactones) is 2. The third kappa shape index (κ3) is 2.58. The molecule has 2 aliphatic carbocycles. The summed E-state index contributed by atoms with van der Waals surface area (Å²) in [7, 11) is 0. The SMILES string of the molecule is Cc1ccc([C@@H]2[C@@H]3C(=O)OC(=O)[C@@H]3C3(C(=O)c4ccccc4C3=O)N2C2CCCCC2)cc1. The molecule has 2 aromatic carbocycles. The van der Waals surface area contributed by atoms with Crippen LogP contribution < -0.4 is 0 Å². The Hall–Kier alpha value is -3.12. The fourth-order valence-corrected chi connectivity index (χ4v) is 6.72. The maximum absolute atomic E-state index is 14.1. The molecule has 1 spiro atoms. The van der Waals surface area contributed by atoms with Crippen LogP contribution in [0.15, 0.2) is 48.5 Å². The Morgan fingerprint density at radius 3 is 2.03 bits per heavy atom. The van der Waals surface area contributed by atoms with Gasteiger partial charge >= 0.3 is 11.9 Å². The third-order valence-electron chi connectivity index (χ3n) is 8.08. The standard InChI is InChI=1S/C27H25NO5/c1-15-11-13-16(14-12-15)22-20-21(26(32)33-25(20)31)27(28(22)17-7-3-2-4-8-17)23(29)18-9-5-6-10-19(18)24(27)30/h5-6,9-14,17,20-22H,2-4,7-8H2,1H3/t20-,21-,22-/m1/s1. The van der Waals surface area contributed by atoms with Gasteiger partial charge in [-0.3, -0.25) is 24.1 Å². The first-order valence-corrected chi connectivity index (χ1v) is 11.8. The van der Waals surface area contributed by atoms with E-state index in [0.29, 0.717) is 11.1 Å². The highest BCUT2D eigenvalue weighted by Gasteiger charge is 2.77. The van der Waals surface area contributed by atoms with Gasteiger partial charge in [-0.1, -0.05) is 73.4 Å². The number of benzene rings is 2. The lowest BCUT2D eigenvalue weighted by Gasteiger charge is -2.44. The van der Waals surface area contributed by atoms with Crippen molar-refractivity contribution in [2.45, 2.75) is 56.7 Å². The van der Waals surface area contributed by atoms with Gasteiger partial charge in [0, 0.05) is 17.2 Å². The van der Waals surface area contributed by atoms with Crippen molar-refractivity contribution in [1.82, 2.24) is 4.90 Å². The number of hydrogen-bond donors (Lipinski definition) is 0. The van der Waals surface area contributed by atoms with Crippen LogP contribution in [0.4, 0.5) is 0 Å². The number of rotatable bonds is 2. The zero-order valence-electron chi connectivity index (χ0n) is 18.5. The maximum Gasteiger partial charge on any atom is 0.320 e. The summed E-state index contributed by atoms with van der Waals surface area (Å²) in [5.74, 6) is -4.15. The van der Waals surface area contributed by atoms with Gasteiger partial charge in [0.25, 0.3) is 0 Å². The average Bonchev–Trinajstić information content (AvgIpc) is 3.39. The number of Topliss-reactive ketones (excluding diaryl/α,β-unsaturated/α-hetero) is 2. The normalized spacial score (nSPS) is 28.9. The van der Waals surface area contributed by atoms with E-state index >= 15 is 0 Å². The summed E-state index contributed by atoms with van der Waals surface area (Å²) < 4.78 is 5.11. The average molecular weight is 443 g/mol. The molecule has 2 heterocycles. The lowest BCUT2D eigenvalue weighted by molar-refractivity contribution is -0.156. The molecule has 6 rings (SSSR count). The molecule has 0 radical (unpaired) electrons. The van der Waals surface area contributed by atoms with Crippen LogP contribution in [0, 0.1) is 18.8 Å². The second-order valence-corrected chi connectivity index (χ2v) is 9.77. The predicted molar refractivity (Wildman–Crippen MR) is 119 cm³/mol.